The Morgan fingerprint density at radius 1 is 1.06 bits per heavy atom. The molecule has 0 amide bonds. The average molecular weight is 277 g/mol. The van der Waals surface area contributed by atoms with E-state index >= 15 is 0 Å². The number of thioether (sulfide) groups is 1. The van der Waals surface area contributed by atoms with Gasteiger partial charge in [-0.05, 0) is 19.1 Å². The number of halogens is 1. The largest absolute Gasteiger partial charge is 0.293 e. The molecule has 3 heteroatoms. The monoisotopic (exact) mass is 276 g/mol. The number of rotatable bonds is 4. The van der Waals surface area contributed by atoms with Crippen LogP contribution in [0.5, 0.6) is 0 Å². The molecule has 0 aliphatic rings. The second-order valence-electron chi connectivity index (χ2n) is 3.92. The van der Waals surface area contributed by atoms with Gasteiger partial charge in [-0.15, -0.1) is 11.8 Å². The van der Waals surface area contributed by atoms with Crippen LogP contribution in [0.1, 0.15) is 17.3 Å². The molecule has 0 fully saturated rings. The fourth-order valence-electron chi connectivity index (χ4n) is 1.62. The van der Waals surface area contributed by atoms with E-state index in [1.165, 1.54) is 11.8 Å². The number of benzene rings is 2. The third kappa shape index (κ3) is 3.15. The van der Waals surface area contributed by atoms with Gasteiger partial charge < -0.3 is 0 Å². The first-order valence-corrected chi connectivity index (χ1v) is 6.94. The topological polar surface area (TPSA) is 17.1 Å². The van der Waals surface area contributed by atoms with E-state index in [1.807, 2.05) is 61.5 Å². The van der Waals surface area contributed by atoms with Crippen molar-refractivity contribution < 1.29 is 4.79 Å². The SMILES string of the molecule is CC(Sc1ccccc1Cl)C(=O)c1ccccc1. The zero-order valence-electron chi connectivity index (χ0n) is 9.97. The van der Waals surface area contributed by atoms with Gasteiger partial charge >= 0.3 is 0 Å². The average Bonchev–Trinajstić information content (AvgIpc) is 2.41. The van der Waals surface area contributed by atoms with Crippen LogP contribution < -0.4 is 0 Å². The number of carbonyl (C=O) groups excluding carboxylic acids is 1. The molecule has 2 rings (SSSR count). The van der Waals surface area contributed by atoms with Gasteiger partial charge in [0.25, 0.3) is 0 Å². The minimum absolute atomic E-state index is 0.125. The maximum absolute atomic E-state index is 12.2. The summed E-state index contributed by atoms with van der Waals surface area (Å²) in [6, 6.07) is 16.9. The summed E-state index contributed by atoms with van der Waals surface area (Å²) in [6.07, 6.45) is 0. The van der Waals surface area contributed by atoms with Gasteiger partial charge in [-0.1, -0.05) is 54.1 Å². The Morgan fingerprint density at radius 2 is 1.67 bits per heavy atom. The molecule has 2 aromatic carbocycles. The lowest BCUT2D eigenvalue weighted by Gasteiger charge is -2.11. The van der Waals surface area contributed by atoms with E-state index in [0.29, 0.717) is 5.02 Å². The molecule has 18 heavy (non-hydrogen) atoms. The molecule has 0 saturated heterocycles. The first kappa shape index (κ1) is 13.2. The lowest BCUT2D eigenvalue weighted by atomic mass is 10.1. The summed E-state index contributed by atoms with van der Waals surface area (Å²) in [7, 11) is 0. The molecule has 0 N–H and O–H groups in total. The molecule has 0 spiro atoms. The molecule has 1 nitrogen and oxygen atoms in total. The summed E-state index contributed by atoms with van der Waals surface area (Å²) in [5.41, 5.74) is 0.740. The predicted octanol–water partition coefficient (Wildman–Crippen LogP) is 4.70. The standard InChI is InChI=1S/C15H13ClOS/c1-11(15(17)12-7-3-2-4-8-12)18-14-10-6-5-9-13(14)16/h2-11H,1H3. The van der Waals surface area contributed by atoms with E-state index in [1.54, 1.807) is 0 Å². The Hall–Kier alpha value is -1.25. The molecule has 0 saturated carbocycles. The summed E-state index contributed by atoms with van der Waals surface area (Å²) >= 11 is 7.58. The molecule has 0 bridgehead atoms. The Kier molecular flexibility index (Phi) is 4.45. The van der Waals surface area contributed by atoms with Crippen molar-refractivity contribution in [1.82, 2.24) is 0 Å². The van der Waals surface area contributed by atoms with Crippen molar-refractivity contribution in [2.45, 2.75) is 17.1 Å². The summed E-state index contributed by atoms with van der Waals surface area (Å²) in [5.74, 6) is 0.125. The van der Waals surface area contributed by atoms with E-state index < -0.39 is 0 Å². The van der Waals surface area contributed by atoms with Crippen molar-refractivity contribution in [3.8, 4) is 0 Å². The molecular formula is C15H13ClOS. The van der Waals surface area contributed by atoms with Crippen LogP contribution in [0.3, 0.4) is 0 Å². The number of carbonyl (C=O) groups is 1. The highest BCUT2D eigenvalue weighted by Gasteiger charge is 2.17. The van der Waals surface area contributed by atoms with Crippen LogP contribution in [0, 0.1) is 0 Å². The Balaban J connectivity index is 2.11. The van der Waals surface area contributed by atoms with Gasteiger partial charge in [0.15, 0.2) is 5.78 Å². The molecule has 0 heterocycles. The van der Waals surface area contributed by atoms with Crippen LogP contribution in [0.4, 0.5) is 0 Å². The lowest BCUT2D eigenvalue weighted by molar-refractivity contribution is 0.0994. The molecule has 92 valence electrons. The maximum atomic E-state index is 12.2. The van der Waals surface area contributed by atoms with Crippen LogP contribution in [0.25, 0.3) is 0 Å². The van der Waals surface area contributed by atoms with Crippen molar-refractivity contribution in [2.24, 2.45) is 0 Å². The molecule has 1 unspecified atom stereocenters. The Labute approximate surface area is 116 Å². The van der Waals surface area contributed by atoms with Crippen LogP contribution in [-0.4, -0.2) is 11.0 Å². The second-order valence-corrected chi connectivity index (χ2v) is 5.71. The predicted molar refractivity (Wildman–Crippen MR) is 77.5 cm³/mol. The second kappa shape index (κ2) is 6.07. The van der Waals surface area contributed by atoms with E-state index in [4.69, 9.17) is 11.6 Å². The maximum Gasteiger partial charge on any atom is 0.175 e. The van der Waals surface area contributed by atoms with Gasteiger partial charge in [-0.25, -0.2) is 0 Å². The zero-order valence-corrected chi connectivity index (χ0v) is 11.5. The smallest absolute Gasteiger partial charge is 0.175 e. The van der Waals surface area contributed by atoms with E-state index in [2.05, 4.69) is 0 Å². The first-order valence-electron chi connectivity index (χ1n) is 5.69. The van der Waals surface area contributed by atoms with Gasteiger partial charge in [0.1, 0.15) is 0 Å². The highest BCUT2D eigenvalue weighted by atomic mass is 35.5. The fourth-order valence-corrected chi connectivity index (χ4v) is 2.85. The van der Waals surface area contributed by atoms with Crippen molar-refractivity contribution >= 4 is 29.1 Å². The van der Waals surface area contributed by atoms with Crippen LogP contribution >= 0.6 is 23.4 Å². The minimum Gasteiger partial charge on any atom is -0.293 e. The Morgan fingerprint density at radius 3 is 2.33 bits per heavy atom. The van der Waals surface area contributed by atoms with E-state index in [0.717, 1.165) is 10.5 Å². The van der Waals surface area contributed by atoms with Gasteiger partial charge in [0, 0.05) is 10.5 Å². The van der Waals surface area contributed by atoms with Crippen LogP contribution in [0.2, 0.25) is 5.02 Å². The molecule has 1 atom stereocenters. The minimum atomic E-state index is -0.146. The quantitative estimate of drug-likeness (QED) is 0.594. The molecule has 0 aliphatic heterocycles. The zero-order chi connectivity index (χ0) is 13.0. The highest BCUT2D eigenvalue weighted by molar-refractivity contribution is 8.00. The lowest BCUT2D eigenvalue weighted by Crippen LogP contribution is -2.13. The Bertz CT molecular complexity index is 539. The van der Waals surface area contributed by atoms with Crippen LogP contribution in [-0.2, 0) is 0 Å². The van der Waals surface area contributed by atoms with Crippen molar-refractivity contribution in [3.05, 3.63) is 65.2 Å². The summed E-state index contributed by atoms with van der Waals surface area (Å²) in [4.78, 5) is 13.1. The van der Waals surface area contributed by atoms with Gasteiger partial charge in [0.2, 0.25) is 0 Å². The molecular weight excluding hydrogens is 264 g/mol. The summed E-state index contributed by atoms with van der Waals surface area (Å²) in [6.45, 7) is 1.91. The summed E-state index contributed by atoms with van der Waals surface area (Å²) < 4.78 is 0. The molecule has 0 aliphatic carbocycles. The van der Waals surface area contributed by atoms with Gasteiger partial charge in [0.05, 0.1) is 10.3 Å². The fraction of sp³-hybridized carbons (Fsp3) is 0.133. The van der Waals surface area contributed by atoms with Gasteiger partial charge in [-0.3, -0.25) is 4.79 Å². The number of hydrogen-bond acceptors (Lipinski definition) is 2. The first-order chi connectivity index (χ1) is 8.68. The van der Waals surface area contributed by atoms with E-state index in [-0.39, 0.29) is 11.0 Å². The van der Waals surface area contributed by atoms with Crippen LogP contribution in [0.15, 0.2) is 59.5 Å². The van der Waals surface area contributed by atoms with Crippen molar-refractivity contribution in [2.75, 3.05) is 0 Å². The number of Topliss-reactive ketones (excluding diaryl/α,β-unsaturated/α-hetero) is 1. The number of ketones is 1. The highest BCUT2D eigenvalue weighted by Crippen LogP contribution is 2.31. The molecule has 0 radical (unpaired) electrons. The summed E-state index contributed by atoms with van der Waals surface area (Å²) in [5, 5.41) is 0.544. The molecule has 2 aromatic rings. The third-order valence-corrected chi connectivity index (χ3v) is 4.19. The van der Waals surface area contributed by atoms with E-state index in [9.17, 15) is 4.79 Å². The third-order valence-electron chi connectivity index (χ3n) is 2.57. The van der Waals surface area contributed by atoms with Crippen molar-refractivity contribution in [1.29, 1.82) is 0 Å². The normalized spacial score (nSPS) is 12.1. The van der Waals surface area contributed by atoms with Crippen molar-refractivity contribution in [3.63, 3.8) is 0 Å². The number of hydrogen-bond donors (Lipinski definition) is 0. The van der Waals surface area contributed by atoms with Gasteiger partial charge in [-0.2, -0.15) is 0 Å². The molecule has 0 aromatic heterocycles.